The monoisotopic (exact) mass is 467 g/mol. The van der Waals surface area contributed by atoms with Crippen LogP contribution in [0.15, 0.2) is 29.3 Å². The molecular weight excluding hydrogens is 437 g/mol. The lowest BCUT2D eigenvalue weighted by Gasteiger charge is -2.25. The quantitative estimate of drug-likeness (QED) is 0.368. The zero-order chi connectivity index (χ0) is 17.5. The SMILES string of the molecule is CN=C(NCc1cccc(C)c1)NCC(C)(C)CCS(C)(=O)=O.I. The molecule has 1 aromatic rings. The van der Waals surface area contributed by atoms with Crippen molar-refractivity contribution in [2.24, 2.45) is 10.4 Å². The first kappa shape index (κ1) is 23.2. The van der Waals surface area contributed by atoms with E-state index >= 15 is 0 Å². The van der Waals surface area contributed by atoms with Crippen LogP contribution in [0.25, 0.3) is 0 Å². The van der Waals surface area contributed by atoms with E-state index < -0.39 is 9.84 Å². The van der Waals surface area contributed by atoms with Crippen molar-refractivity contribution in [1.29, 1.82) is 0 Å². The Bertz CT molecular complexity index is 643. The number of benzene rings is 1. The molecular formula is C17H30IN3O2S. The van der Waals surface area contributed by atoms with Crippen LogP contribution in [-0.4, -0.2) is 40.0 Å². The first-order valence-electron chi connectivity index (χ1n) is 7.79. The number of nitrogens with zero attached hydrogens (tertiary/aromatic N) is 1. The van der Waals surface area contributed by atoms with Gasteiger partial charge in [-0.15, -0.1) is 24.0 Å². The fraction of sp³-hybridized carbons (Fsp3) is 0.588. The van der Waals surface area contributed by atoms with Gasteiger partial charge in [-0.3, -0.25) is 4.99 Å². The fourth-order valence-electron chi connectivity index (χ4n) is 2.10. The van der Waals surface area contributed by atoms with Gasteiger partial charge in [0.1, 0.15) is 9.84 Å². The second-order valence-corrected chi connectivity index (χ2v) is 9.07. The number of hydrogen-bond acceptors (Lipinski definition) is 3. The van der Waals surface area contributed by atoms with E-state index in [1.165, 1.54) is 17.4 Å². The summed E-state index contributed by atoms with van der Waals surface area (Å²) >= 11 is 0. The van der Waals surface area contributed by atoms with Gasteiger partial charge in [0.15, 0.2) is 5.96 Å². The number of guanidine groups is 1. The highest BCUT2D eigenvalue weighted by Gasteiger charge is 2.20. The Morgan fingerprint density at radius 1 is 1.25 bits per heavy atom. The zero-order valence-electron chi connectivity index (χ0n) is 15.2. The summed E-state index contributed by atoms with van der Waals surface area (Å²) in [7, 11) is -1.19. The van der Waals surface area contributed by atoms with Crippen LogP contribution < -0.4 is 10.6 Å². The highest BCUT2D eigenvalue weighted by atomic mass is 127. The molecule has 2 N–H and O–H groups in total. The molecule has 0 bridgehead atoms. The van der Waals surface area contributed by atoms with Crippen molar-refractivity contribution in [3.63, 3.8) is 0 Å². The van der Waals surface area contributed by atoms with Crippen molar-refractivity contribution < 1.29 is 8.42 Å². The molecule has 0 radical (unpaired) electrons. The van der Waals surface area contributed by atoms with E-state index in [1.54, 1.807) is 7.05 Å². The molecule has 0 aliphatic rings. The van der Waals surface area contributed by atoms with E-state index in [2.05, 4.69) is 54.6 Å². The van der Waals surface area contributed by atoms with Gasteiger partial charge in [0.2, 0.25) is 0 Å². The molecule has 1 aromatic carbocycles. The number of rotatable bonds is 7. The summed E-state index contributed by atoms with van der Waals surface area (Å²) in [6.07, 6.45) is 1.90. The van der Waals surface area contributed by atoms with E-state index in [0.29, 0.717) is 19.5 Å². The summed E-state index contributed by atoms with van der Waals surface area (Å²) in [4.78, 5) is 4.21. The summed E-state index contributed by atoms with van der Waals surface area (Å²) in [6.45, 7) is 7.54. The van der Waals surface area contributed by atoms with Crippen LogP contribution in [0.3, 0.4) is 0 Å². The molecule has 138 valence electrons. The molecule has 0 unspecified atom stereocenters. The van der Waals surface area contributed by atoms with E-state index in [1.807, 2.05) is 6.07 Å². The Balaban J connectivity index is 0.00000529. The highest BCUT2D eigenvalue weighted by Crippen LogP contribution is 2.19. The smallest absolute Gasteiger partial charge is 0.191 e. The van der Waals surface area contributed by atoms with Gasteiger partial charge in [0, 0.05) is 26.4 Å². The van der Waals surface area contributed by atoms with Gasteiger partial charge in [-0.05, 0) is 24.3 Å². The summed E-state index contributed by atoms with van der Waals surface area (Å²) in [5, 5.41) is 6.55. The Morgan fingerprint density at radius 3 is 2.46 bits per heavy atom. The van der Waals surface area contributed by atoms with Crippen LogP contribution >= 0.6 is 24.0 Å². The molecule has 0 spiro atoms. The van der Waals surface area contributed by atoms with Crippen LogP contribution in [0, 0.1) is 12.3 Å². The first-order valence-corrected chi connectivity index (χ1v) is 9.85. The minimum absolute atomic E-state index is 0. The van der Waals surface area contributed by atoms with Gasteiger partial charge >= 0.3 is 0 Å². The number of nitrogens with one attached hydrogen (secondary N) is 2. The van der Waals surface area contributed by atoms with Crippen molar-refractivity contribution in [1.82, 2.24) is 10.6 Å². The lowest BCUT2D eigenvalue weighted by molar-refractivity contribution is 0.348. The maximum Gasteiger partial charge on any atom is 0.191 e. The van der Waals surface area contributed by atoms with Gasteiger partial charge in [0.25, 0.3) is 0 Å². The van der Waals surface area contributed by atoms with Crippen molar-refractivity contribution >= 4 is 39.8 Å². The number of aryl methyl sites for hydroxylation is 1. The summed E-state index contributed by atoms with van der Waals surface area (Å²) < 4.78 is 22.6. The third-order valence-electron chi connectivity index (χ3n) is 3.65. The van der Waals surface area contributed by atoms with Crippen LogP contribution in [-0.2, 0) is 16.4 Å². The average molecular weight is 467 g/mol. The Hall–Kier alpha value is -0.830. The van der Waals surface area contributed by atoms with Crippen molar-refractivity contribution in [2.75, 3.05) is 25.6 Å². The van der Waals surface area contributed by atoms with Gasteiger partial charge in [-0.1, -0.05) is 43.7 Å². The van der Waals surface area contributed by atoms with E-state index in [9.17, 15) is 8.42 Å². The third kappa shape index (κ3) is 10.1. The summed E-state index contributed by atoms with van der Waals surface area (Å²) in [5.41, 5.74) is 2.31. The van der Waals surface area contributed by atoms with E-state index in [4.69, 9.17) is 0 Å². The predicted molar refractivity (Wildman–Crippen MR) is 113 cm³/mol. The second-order valence-electron chi connectivity index (χ2n) is 6.81. The Kier molecular flexibility index (Phi) is 9.87. The number of hydrogen-bond donors (Lipinski definition) is 2. The molecule has 5 nitrogen and oxygen atoms in total. The van der Waals surface area contributed by atoms with E-state index in [0.717, 1.165) is 5.96 Å². The minimum Gasteiger partial charge on any atom is -0.356 e. The zero-order valence-corrected chi connectivity index (χ0v) is 18.4. The van der Waals surface area contributed by atoms with Gasteiger partial charge in [0.05, 0.1) is 5.75 Å². The van der Waals surface area contributed by atoms with Gasteiger partial charge in [-0.25, -0.2) is 8.42 Å². The van der Waals surface area contributed by atoms with Crippen LogP contribution in [0.4, 0.5) is 0 Å². The molecule has 0 amide bonds. The maximum atomic E-state index is 11.3. The molecule has 0 aromatic heterocycles. The molecule has 7 heteroatoms. The van der Waals surface area contributed by atoms with Crippen LogP contribution in [0.5, 0.6) is 0 Å². The summed E-state index contributed by atoms with van der Waals surface area (Å²) in [5.74, 6) is 0.927. The second kappa shape index (κ2) is 10.2. The highest BCUT2D eigenvalue weighted by molar-refractivity contribution is 14.0. The predicted octanol–water partition coefficient (Wildman–Crippen LogP) is 2.74. The van der Waals surface area contributed by atoms with Crippen LogP contribution in [0.1, 0.15) is 31.4 Å². The molecule has 1 rings (SSSR count). The number of halogens is 1. The Morgan fingerprint density at radius 2 is 1.92 bits per heavy atom. The summed E-state index contributed by atoms with van der Waals surface area (Å²) in [6, 6.07) is 8.32. The average Bonchev–Trinajstić information content (AvgIpc) is 2.45. The van der Waals surface area contributed by atoms with Crippen molar-refractivity contribution in [3.05, 3.63) is 35.4 Å². The minimum atomic E-state index is -2.93. The lowest BCUT2D eigenvalue weighted by atomic mass is 9.90. The fourth-order valence-corrected chi connectivity index (χ4v) is 3.02. The molecule has 0 heterocycles. The van der Waals surface area contributed by atoms with Gasteiger partial charge in [-0.2, -0.15) is 0 Å². The van der Waals surface area contributed by atoms with Crippen molar-refractivity contribution in [2.45, 2.75) is 33.7 Å². The lowest BCUT2D eigenvalue weighted by Crippen LogP contribution is -2.42. The molecule has 24 heavy (non-hydrogen) atoms. The van der Waals surface area contributed by atoms with Crippen molar-refractivity contribution in [3.8, 4) is 0 Å². The normalized spacial score (nSPS) is 12.5. The molecule has 0 fully saturated rings. The Labute approximate surface area is 163 Å². The number of aliphatic imine (C=N–C) groups is 1. The molecule has 0 aliphatic heterocycles. The third-order valence-corrected chi connectivity index (χ3v) is 4.60. The molecule has 0 saturated carbocycles. The number of sulfone groups is 1. The largest absolute Gasteiger partial charge is 0.356 e. The molecule has 0 aliphatic carbocycles. The van der Waals surface area contributed by atoms with E-state index in [-0.39, 0.29) is 35.1 Å². The topological polar surface area (TPSA) is 70.6 Å². The molecule has 0 saturated heterocycles. The van der Waals surface area contributed by atoms with Gasteiger partial charge < -0.3 is 10.6 Å². The van der Waals surface area contributed by atoms with Crippen LogP contribution in [0.2, 0.25) is 0 Å². The maximum absolute atomic E-state index is 11.3. The first-order chi connectivity index (χ1) is 10.6. The molecule has 0 atom stereocenters. The standard InChI is InChI=1S/C17H29N3O2S.HI/c1-14-7-6-8-15(11-14)12-19-16(18-4)20-13-17(2,3)9-10-23(5,21)22;/h6-8,11H,9-10,12-13H2,1-5H3,(H2,18,19,20);1H.